The van der Waals surface area contributed by atoms with E-state index in [2.05, 4.69) is 54.3 Å². The summed E-state index contributed by atoms with van der Waals surface area (Å²) in [5, 5.41) is 2.70. The molecule has 8 heteroatoms. The number of thiazole rings is 1. The summed E-state index contributed by atoms with van der Waals surface area (Å²) in [6.07, 6.45) is 3.40. The highest BCUT2D eigenvalue weighted by atomic mass is 32.1. The van der Waals surface area contributed by atoms with Gasteiger partial charge >= 0.3 is 11.8 Å². The summed E-state index contributed by atoms with van der Waals surface area (Å²) in [5.41, 5.74) is 10.8. The molecule has 7 nitrogen and oxygen atoms in total. The lowest BCUT2D eigenvalue weighted by Gasteiger charge is -2.43. The summed E-state index contributed by atoms with van der Waals surface area (Å²) in [4.78, 5) is 36.6. The van der Waals surface area contributed by atoms with E-state index in [4.69, 9.17) is 5.73 Å². The molecule has 0 unspecified atom stereocenters. The molecule has 1 aromatic carbocycles. The number of aryl methyl sites for hydroxylation is 1. The minimum absolute atomic E-state index is 0.166. The Kier molecular flexibility index (Phi) is 6.65. The Hall–Kier alpha value is -3.00. The standard InChI is InChI=1S/C25H31N5O2S/c1-14(2)7-18-10-21(17-5-6-22-20(9-17)28-13-33-22)30(12-16(18)4)25(32)24(31)29-19-8-15(3)23(26)27-11-19/h5-6,8-9,11,13-14,16,18,21H,7,10,12H2,1-4H3,(H2,26,27)(H,29,31)/t16-,18+,21-/m1/s1. The van der Waals surface area contributed by atoms with Crippen LogP contribution in [0.15, 0.2) is 36.0 Å². The van der Waals surface area contributed by atoms with Crippen LogP contribution in [0.5, 0.6) is 0 Å². The summed E-state index contributed by atoms with van der Waals surface area (Å²) in [6.45, 7) is 9.00. The number of likely N-dealkylation sites (tertiary alicyclic amines) is 1. The summed E-state index contributed by atoms with van der Waals surface area (Å²) in [6, 6.07) is 7.74. The molecule has 4 rings (SSSR count). The van der Waals surface area contributed by atoms with Crippen LogP contribution in [0.4, 0.5) is 11.5 Å². The van der Waals surface area contributed by atoms with E-state index in [1.165, 1.54) is 6.20 Å². The quantitative estimate of drug-likeness (QED) is 0.539. The van der Waals surface area contributed by atoms with E-state index >= 15 is 0 Å². The number of amides is 2. The topological polar surface area (TPSA) is 101 Å². The van der Waals surface area contributed by atoms with Crippen LogP contribution < -0.4 is 11.1 Å². The summed E-state index contributed by atoms with van der Waals surface area (Å²) in [5.74, 6) is 0.586. The Morgan fingerprint density at radius 2 is 2.06 bits per heavy atom. The van der Waals surface area contributed by atoms with Crippen LogP contribution in [0.3, 0.4) is 0 Å². The largest absolute Gasteiger partial charge is 0.383 e. The molecule has 33 heavy (non-hydrogen) atoms. The van der Waals surface area contributed by atoms with E-state index in [9.17, 15) is 9.59 Å². The Morgan fingerprint density at radius 1 is 1.27 bits per heavy atom. The fraction of sp³-hybridized carbons (Fsp3) is 0.440. The number of rotatable bonds is 4. The third-order valence-electron chi connectivity index (χ3n) is 6.54. The number of piperidine rings is 1. The van der Waals surface area contributed by atoms with Crippen molar-refractivity contribution in [3.8, 4) is 0 Å². The van der Waals surface area contributed by atoms with Gasteiger partial charge in [-0.15, -0.1) is 11.3 Å². The Labute approximate surface area is 198 Å². The monoisotopic (exact) mass is 465 g/mol. The van der Waals surface area contributed by atoms with Crippen molar-refractivity contribution in [2.75, 3.05) is 17.6 Å². The lowest BCUT2D eigenvalue weighted by atomic mass is 9.76. The van der Waals surface area contributed by atoms with Crippen LogP contribution in [0.25, 0.3) is 10.2 Å². The zero-order valence-electron chi connectivity index (χ0n) is 19.5. The molecule has 3 aromatic rings. The number of nitrogens with two attached hydrogens (primary N) is 1. The van der Waals surface area contributed by atoms with E-state index in [0.717, 1.165) is 34.2 Å². The van der Waals surface area contributed by atoms with Crippen molar-refractivity contribution in [1.29, 1.82) is 0 Å². The number of carbonyl (C=O) groups excluding carboxylic acids is 2. The van der Waals surface area contributed by atoms with Gasteiger partial charge in [-0.25, -0.2) is 9.97 Å². The Balaban J connectivity index is 1.61. The predicted molar refractivity (Wildman–Crippen MR) is 133 cm³/mol. The number of pyridine rings is 1. The molecule has 0 saturated carbocycles. The first-order valence-corrected chi connectivity index (χ1v) is 12.3. The first-order chi connectivity index (χ1) is 15.7. The molecule has 3 N–H and O–H groups in total. The molecule has 2 aromatic heterocycles. The van der Waals surface area contributed by atoms with Crippen LogP contribution in [0.1, 0.15) is 50.8 Å². The molecule has 1 fully saturated rings. The zero-order valence-corrected chi connectivity index (χ0v) is 20.4. The number of carbonyl (C=O) groups is 2. The zero-order chi connectivity index (χ0) is 23.7. The van der Waals surface area contributed by atoms with Crippen molar-refractivity contribution in [2.45, 2.75) is 46.6 Å². The Bertz CT molecular complexity index is 1170. The van der Waals surface area contributed by atoms with E-state index in [-0.39, 0.29) is 6.04 Å². The smallest absolute Gasteiger partial charge is 0.313 e. The molecule has 1 aliphatic heterocycles. The number of hydrogen-bond donors (Lipinski definition) is 2. The van der Waals surface area contributed by atoms with Gasteiger partial charge < -0.3 is 16.0 Å². The molecule has 0 bridgehead atoms. The number of benzene rings is 1. The van der Waals surface area contributed by atoms with Gasteiger partial charge in [0.05, 0.1) is 33.7 Å². The molecule has 0 radical (unpaired) electrons. The van der Waals surface area contributed by atoms with Crippen LogP contribution in [0.2, 0.25) is 0 Å². The summed E-state index contributed by atoms with van der Waals surface area (Å²) >= 11 is 1.60. The number of nitrogens with one attached hydrogen (secondary N) is 1. The van der Waals surface area contributed by atoms with E-state index in [1.54, 1.807) is 22.3 Å². The molecule has 2 amide bonds. The molecule has 0 spiro atoms. The van der Waals surface area contributed by atoms with Gasteiger partial charge in [-0.3, -0.25) is 9.59 Å². The second-order valence-corrected chi connectivity index (χ2v) is 10.4. The van der Waals surface area contributed by atoms with Gasteiger partial charge in [0.15, 0.2) is 0 Å². The lowest BCUT2D eigenvalue weighted by molar-refractivity contribution is -0.147. The predicted octanol–water partition coefficient (Wildman–Crippen LogP) is 4.79. The van der Waals surface area contributed by atoms with Crippen LogP contribution in [-0.2, 0) is 9.59 Å². The highest BCUT2D eigenvalue weighted by Gasteiger charge is 2.39. The Morgan fingerprint density at radius 3 is 2.79 bits per heavy atom. The van der Waals surface area contributed by atoms with Gasteiger partial charge in [0, 0.05) is 6.54 Å². The SMILES string of the molecule is Cc1cc(NC(=O)C(=O)N2C[C@@H](C)[C@@H](CC(C)C)C[C@@H]2c2ccc3scnc3c2)cnc1N. The number of nitrogens with zero attached hydrogens (tertiary/aromatic N) is 3. The number of nitrogen functional groups attached to an aromatic ring is 1. The third kappa shape index (κ3) is 5.00. The van der Waals surface area contributed by atoms with Gasteiger partial charge in [-0.1, -0.05) is 26.8 Å². The van der Waals surface area contributed by atoms with Crippen molar-refractivity contribution in [2.24, 2.45) is 17.8 Å². The first kappa shape index (κ1) is 23.2. The van der Waals surface area contributed by atoms with E-state index in [0.29, 0.717) is 35.8 Å². The van der Waals surface area contributed by atoms with Crippen LogP contribution >= 0.6 is 11.3 Å². The van der Waals surface area contributed by atoms with Crippen molar-refractivity contribution < 1.29 is 9.59 Å². The van der Waals surface area contributed by atoms with E-state index in [1.807, 2.05) is 12.4 Å². The first-order valence-electron chi connectivity index (χ1n) is 11.4. The number of fused-ring (bicyclic) bond motifs is 1. The second-order valence-electron chi connectivity index (χ2n) is 9.54. The molecule has 1 aliphatic rings. The van der Waals surface area contributed by atoms with Crippen molar-refractivity contribution in [3.63, 3.8) is 0 Å². The third-order valence-corrected chi connectivity index (χ3v) is 7.35. The summed E-state index contributed by atoms with van der Waals surface area (Å²) < 4.78 is 1.11. The minimum atomic E-state index is -0.657. The van der Waals surface area contributed by atoms with Gasteiger partial charge in [0.2, 0.25) is 0 Å². The highest BCUT2D eigenvalue weighted by molar-refractivity contribution is 7.16. The van der Waals surface area contributed by atoms with Crippen LogP contribution in [-0.4, -0.2) is 33.2 Å². The minimum Gasteiger partial charge on any atom is -0.383 e. The van der Waals surface area contributed by atoms with Crippen molar-refractivity contribution in [1.82, 2.24) is 14.9 Å². The second kappa shape index (κ2) is 9.47. The maximum Gasteiger partial charge on any atom is 0.313 e. The molecule has 3 heterocycles. The summed E-state index contributed by atoms with van der Waals surface area (Å²) in [7, 11) is 0. The molecule has 1 saturated heterocycles. The maximum absolute atomic E-state index is 13.4. The average molecular weight is 466 g/mol. The number of aromatic nitrogens is 2. The number of anilines is 2. The van der Waals surface area contributed by atoms with Crippen molar-refractivity contribution in [3.05, 3.63) is 47.1 Å². The van der Waals surface area contributed by atoms with Gasteiger partial charge in [-0.05, 0) is 66.8 Å². The maximum atomic E-state index is 13.4. The van der Waals surface area contributed by atoms with Gasteiger partial charge in [0.25, 0.3) is 0 Å². The molecular weight excluding hydrogens is 434 g/mol. The van der Waals surface area contributed by atoms with Crippen molar-refractivity contribution >= 4 is 44.9 Å². The normalized spacial score (nSPS) is 20.9. The molecule has 0 aliphatic carbocycles. The molecule has 3 atom stereocenters. The van der Waals surface area contributed by atoms with Gasteiger partial charge in [-0.2, -0.15) is 0 Å². The fourth-order valence-corrected chi connectivity index (χ4v) is 5.42. The van der Waals surface area contributed by atoms with Crippen LogP contribution in [0, 0.1) is 24.7 Å². The molecular formula is C25H31N5O2S. The van der Waals surface area contributed by atoms with E-state index < -0.39 is 11.8 Å². The number of hydrogen-bond acceptors (Lipinski definition) is 6. The highest BCUT2D eigenvalue weighted by Crippen LogP contribution is 2.40. The lowest BCUT2D eigenvalue weighted by Crippen LogP contribution is -2.49. The fourth-order valence-electron chi connectivity index (χ4n) is 4.76. The average Bonchev–Trinajstić information content (AvgIpc) is 3.24. The molecule has 174 valence electrons. The van der Waals surface area contributed by atoms with Gasteiger partial charge in [0.1, 0.15) is 5.82 Å².